The fourth-order valence-electron chi connectivity index (χ4n) is 4.66. The Balaban J connectivity index is 1.65. The molecule has 5 heteroatoms. The maximum absolute atomic E-state index is 14.7. The highest BCUT2D eigenvalue weighted by molar-refractivity contribution is 6.14. The smallest absolute Gasteiger partial charge is 0.260 e. The first-order chi connectivity index (χ1) is 12.2. The summed E-state index contributed by atoms with van der Waals surface area (Å²) in [5.74, 6) is -0.278. The SMILES string of the molecule is O=C(c1cccc2cn[nH]c12)N1CC2(CCCC2)c2c(F)cccc21. The Morgan fingerprint density at radius 2 is 1.96 bits per heavy atom. The lowest BCUT2D eigenvalue weighted by Gasteiger charge is -2.25. The number of fused-ring (bicyclic) bond motifs is 3. The Hall–Kier alpha value is -2.69. The second-order valence-electron chi connectivity index (χ2n) is 7.15. The summed E-state index contributed by atoms with van der Waals surface area (Å²) in [7, 11) is 0. The topological polar surface area (TPSA) is 49.0 Å². The molecule has 1 fully saturated rings. The highest BCUT2D eigenvalue weighted by Crippen LogP contribution is 2.51. The van der Waals surface area contributed by atoms with Crippen LogP contribution in [0.15, 0.2) is 42.6 Å². The Bertz CT molecular complexity index is 988. The van der Waals surface area contributed by atoms with Crippen LogP contribution in [-0.2, 0) is 5.41 Å². The summed E-state index contributed by atoms with van der Waals surface area (Å²) in [5.41, 5.74) is 2.55. The van der Waals surface area contributed by atoms with Crippen LogP contribution in [0.5, 0.6) is 0 Å². The van der Waals surface area contributed by atoms with E-state index in [4.69, 9.17) is 0 Å². The molecule has 1 aromatic heterocycles. The molecule has 0 unspecified atom stereocenters. The second-order valence-corrected chi connectivity index (χ2v) is 7.15. The number of benzene rings is 2. The number of para-hydroxylation sites is 1. The highest BCUT2D eigenvalue weighted by Gasteiger charge is 2.48. The zero-order valence-corrected chi connectivity index (χ0v) is 13.8. The van der Waals surface area contributed by atoms with E-state index in [0.717, 1.165) is 47.8 Å². The van der Waals surface area contributed by atoms with Crippen LogP contribution in [0, 0.1) is 5.82 Å². The van der Waals surface area contributed by atoms with Crippen molar-refractivity contribution in [2.45, 2.75) is 31.1 Å². The number of H-pyrrole nitrogens is 1. The van der Waals surface area contributed by atoms with Crippen LogP contribution < -0.4 is 4.90 Å². The summed E-state index contributed by atoms with van der Waals surface area (Å²) < 4.78 is 14.7. The van der Waals surface area contributed by atoms with Gasteiger partial charge in [-0.2, -0.15) is 5.10 Å². The number of carbonyl (C=O) groups is 1. The molecule has 0 bridgehead atoms. The van der Waals surface area contributed by atoms with Crippen LogP contribution in [-0.4, -0.2) is 22.6 Å². The van der Waals surface area contributed by atoms with Crippen molar-refractivity contribution in [2.75, 3.05) is 11.4 Å². The fraction of sp³-hybridized carbons (Fsp3) is 0.300. The minimum Gasteiger partial charge on any atom is -0.307 e. The van der Waals surface area contributed by atoms with Crippen molar-refractivity contribution < 1.29 is 9.18 Å². The first-order valence-electron chi connectivity index (χ1n) is 8.73. The predicted octanol–water partition coefficient (Wildman–Crippen LogP) is 4.17. The molecule has 1 spiro atoms. The number of amides is 1. The van der Waals surface area contributed by atoms with E-state index in [1.807, 2.05) is 24.3 Å². The average molecular weight is 335 g/mol. The van der Waals surface area contributed by atoms with Gasteiger partial charge in [-0.15, -0.1) is 0 Å². The number of nitrogens with zero attached hydrogens (tertiary/aromatic N) is 2. The van der Waals surface area contributed by atoms with Gasteiger partial charge < -0.3 is 4.90 Å². The van der Waals surface area contributed by atoms with Gasteiger partial charge in [-0.25, -0.2) is 4.39 Å². The van der Waals surface area contributed by atoms with Gasteiger partial charge in [0, 0.05) is 22.9 Å². The lowest BCUT2D eigenvalue weighted by atomic mass is 9.80. The van der Waals surface area contributed by atoms with Crippen molar-refractivity contribution in [1.82, 2.24) is 10.2 Å². The van der Waals surface area contributed by atoms with E-state index in [2.05, 4.69) is 10.2 Å². The summed E-state index contributed by atoms with van der Waals surface area (Å²) >= 11 is 0. The Morgan fingerprint density at radius 3 is 2.80 bits per heavy atom. The number of rotatable bonds is 1. The first-order valence-corrected chi connectivity index (χ1v) is 8.73. The number of aromatic amines is 1. The number of halogens is 1. The van der Waals surface area contributed by atoms with E-state index in [-0.39, 0.29) is 17.1 Å². The third kappa shape index (κ3) is 1.98. The average Bonchev–Trinajstić information content (AvgIpc) is 3.34. The number of hydrogen-bond acceptors (Lipinski definition) is 2. The van der Waals surface area contributed by atoms with Crippen molar-refractivity contribution in [3.05, 3.63) is 59.5 Å². The number of hydrogen-bond donors (Lipinski definition) is 1. The van der Waals surface area contributed by atoms with Crippen molar-refractivity contribution in [3.63, 3.8) is 0 Å². The van der Waals surface area contributed by atoms with Crippen LogP contribution in [0.25, 0.3) is 10.9 Å². The molecular formula is C20H18FN3O. The van der Waals surface area contributed by atoms with E-state index in [0.29, 0.717) is 12.1 Å². The van der Waals surface area contributed by atoms with E-state index < -0.39 is 0 Å². The Labute approximate surface area is 144 Å². The molecule has 2 aliphatic rings. The summed E-state index contributed by atoms with van der Waals surface area (Å²) in [6, 6.07) is 10.7. The second kappa shape index (κ2) is 5.15. The molecule has 0 atom stereocenters. The van der Waals surface area contributed by atoms with Crippen LogP contribution in [0.4, 0.5) is 10.1 Å². The van der Waals surface area contributed by atoms with Crippen LogP contribution in [0.2, 0.25) is 0 Å². The molecule has 1 saturated carbocycles. The van der Waals surface area contributed by atoms with Gasteiger partial charge in [-0.05, 0) is 31.0 Å². The van der Waals surface area contributed by atoms with Gasteiger partial charge in [-0.3, -0.25) is 9.89 Å². The molecule has 3 aromatic rings. The molecule has 1 N–H and O–H groups in total. The number of carbonyl (C=O) groups excluding carboxylic acids is 1. The van der Waals surface area contributed by atoms with E-state index in [1.165, 1.54) is 6.07 Å². The van der Waals surface area contributed by atoms with Gasteiger partial charge >= 0.3 is 0 Å². The van der Waals surface area contributed by atoms with Crippen molar-refractivity contribution in [2.24, 2.45) is 0 Å². The molecule has 1 aliphatic heterocycles. The minimum atomic E-state index is -0.224. The Kier molecular flexibility index (Phi) is 3.02. The first kappa shape index (κ1) is 14.6. The van der Waals surface area contributed by atoms with Crippen LogP contribution in [0.3, 0.4) is 0 Å². The summed E-state index contributed by atoms with van der Waals surface area (Å²) in [6.07, 6.45) is 5.78. The van der Waals surface area contributed by atoms with E-state index in [1.54, 1.807) is 17.2 Å². The maximum Gasteiger partial charge on any atom is 0.260 e. The third-order valence-corrected chi connectivity index (χ3v) is 5.79. The minimum absolute atomic E-state index is 0.0922. The normalized spacial score (nSPS) is 18.2. The summed E-state index contributed by atoms with van der Waals surface area (Å²) in [4.78, 5) is 15.1. The lowest BCUT2D eigenvalue weighted by Crippen LogP contribution is -2.35. The van der Waals surface area contributed by atoms with Crippen molar-refractivity contribution >= 4 is 22.5 Å². The summed E-state index contributed by atoms with van der Waals surface area (Å²) in [6.45, 7) is 0.562. The van der Waals surface area contributed by atoms with Gasteiger partial charge in [0.15, 0.2) is 0 Å². The van der Waals surface area contributed by atoms with Crippen molar-refractivity contribution in [3.8, 4) is 0 Å². The Morgan fingerprint density at radius 1 is 1.16 bits per heavy atom. The molecule has 1 amide bonds. The quantitative estimate of drug-likeness (QED) is 0.725. The molecule has 126 valence electrons. The third-order valence-electron chi connectivity index (χ3n) is 5.79. The van der Waals surface area contributed by atoms with Crippen LogP contribution >= 0.6 is 0 Å². The largest absolute Gasteiger partial charge is 0.307 e. The fourth-order valence-corrected chi connectivity index (χ4v) is 4.66. The van der Waals surface area contributed by atoms with Gasteiger partial charge in [0.2, 0.25) is 0 Å². The van der Waals surface area contributed by atoms with Gasteiger partial charge in [0.25, 0.3) is 5.91 Å². The lowest BCUT2D eigenvalue weighted by molar-refractivity contribution is 0.0986. The summed E-state index contributed by atoms with van der Waals surface area (Å²) in [5, 5.41) is 7.86. The van der Waals surface area contributed by atoms with Crippen molar-refractivity contribution in [1.29, 1.82) is 0 Å². The molecule has 25 heavy (non-hydrogen) atoms. The molecule has 2 aromatic carbocycles. The molecule has 4 nitrogen and oxygen atoms in total. The monoisotopic (exact) mass is 335 g/mol. The molecule has 2 heterocycles. The van der Waals surface area contributed by atoms with Gasteiger partial charge in [-0.1, -0.05) is 31.0 Å². The van der Waals surface area contributed by atoms with Gasteiger partial charge in [0.05, 0.1) is 23.0 Å². The highest BCUT2D eigenvalue weighted by atomic mass is 19.1. The number of nitrogens with one attached hydrogen (secondary N) is 1. The number of anilines is 1. The maximum atomic E-state index is 14.7. The molecule has 1 aliphatic carbocycles. The van der Waals surface area contributed by atoms with Crippen LogP contribution in [0.1, 0.15) is 41.6 Å². The van der Waals surface area contributed by atoms with E-state index in [9.17, 15) is 9.18 Å². The molecule has 0 saturated heterocycles. The van der Waals surface area contributed by atoms with Gasteiger partial charge in [0.1, 0.15) is 5.82 Å². The standard InChI is InChI=1S/C20H18FN3O/c21-15-7-4-8-16-17(15)20(9-1-2-10-20)12-24(16)19(25)14-6-3-5-13-11-22-23-18(13)14/h3-8,11H,1-2,9-10,12H2,(H,22,23). The molecule has 0 radical (unpaired) electrons. The molecular weight excluding hydrogens is 317 g/mol. The van der Waals surface area contributed by atoms with E-state index >= 15 is 0 Å². The number of aromatic nitrogens is 2. The molecule has 5 rings (SSSR count). The zero-order chi connectivity index (χ0) is 17.0. The predicted molar refractivity (Wildman–Crippen MR) is 94.3 cm³/mol. The zero-order valence-electron chi connectivity index (χ0n) is 13.8.